The number of para-hydroxylation sites is 1. The van der Waals surface area contributed by atoms with Gasteiger partial charge >= 0.3 is 0 Å². The average Bonchev–Trinajstić information content (AvgIpc) is 3.54. The fraction of sp³-hybridized carbons (Fsp3) is 0.120. The summed E-state index contributed by atoms with van der Waals surface area (Å²) >= 11 is 1.52. The van der Waals surface area contributed by atoms with Crippen molar-refractivity contribution < 1.29 is 19.4 Å². The highest BCUT2D eigenvalue weighted by atomic mass is 32.1. The van der Waals surface area contributed by atoms with Crippen molar-refractivity contribution in [3.05, 3.63) is 93.8 Å². The quantitative estimate of drug-likeness (QED) is 0.262. The molecule has 32 heavy (non-hydrogen) atoms. The van der Waals surface area contributed by atoms with Gasteiger partial charge in [-0.1, -0.05) is 36.4 Å². The molecule has 5 rings (SSSR count). The molecule has 0 bridgehead atoms. The van der Waals surface area contributed by atoms with E-state index in [0.717, 1.165) is 21.3 Å². The van der Waals surface area contributed by atoms with Gasteiger partial charge in [-0.2, -0.15) is 0 Å². The standard InChI is InChI=1S/C25H20N2O4S/c1-31-16-10-8-15(9-11-16)22-21(23(28)19-13-26-20-7-3-2-6-18(19)20)24(29)25(30)27(22)14-17-5-4-12-32-17/h2-13,22,26,28H,14H2,1H3/b23-21-. The maximum absolute atomic E-state index is 13.2. The Morgan fingerprint density at radius 3 is 2.59 bits per heavy atom. The molecule has 0 radical (unpaired) electrons. The third-order valence-electron chi connectivity index (χ3n) is 5.72. The number of methoxy groups -OCH3 is 1. The summed E-state index contributed by atoms with van der Waals surface area (Å²) in [6, 6.07) is 17.8. The number of aliphatic hydroxyl groups excluding tert-OH is 1. The molecule has 0 spiro atoms. The van der Waals surface area contributed by atoms with Crippen LogP contribution >= 0.6 is 11.3 Å². The monoisotopic (exact) mass is 444 g/mol. The zero-order valence-corrected chi connectivity index (χ0v) is 18.1. The van der Waals surface area contributed by atoms with E-state index in [-0.39, 0.29) is 17.9 Å². The molecule has 2 aromatic carbocycles. The number of aromatic nitrogens is 1. The molecule has 1 aliphatic heterocycles. The van der Waals surface area contributed by atoms with Gasteiger partial charge in [-0.3, -0.25) is 9.59 Å². The van der Waals surface area contributed by atoms with Gasteiger partial charge < -0.3 is 19.7 Å². The van der Waals surface area contributed by atoms with E-state index >= 15 is 0 Å². The summed E-state index contributed by atoms with van der Waals surface area (Å²) in [5, 5.41) is 14.0. The fourth-order valence-electron chi connectivity index (χ4n) is 4.16. The van der Waals surface area contributed by atoms with Crippen LogP contribution < -0.4 is 4.74 Å². The smallest absolute Gasteiger partial charge is 0.295 e. The molecule has 3 heterocycles. The number of ketones is 1. The van der Waals surface area contributed by atoms with Crippen LogP contribution in [-0.2, 0) is 16.1 Å². The number of Topliss-reactive ketones (excluding diaryl/α,β-unsaturated/α-hetero) is 1. The number of H-pyrrole nitrogens is 1. The average molecular weight is 445 g/mol. The number of aliphatic hydroxyl groups is 1. The van der Waals surface area contributed by atoms with Crippen LogP contribution in [0.2, 0.25) is 0 Å². The Morgan fingerprint density at radius 2 is 1.88 bits per heavy atom. The van der Waals surface area contributed by atoms with Crippen molar-refractivity contribution in [2.75, 3.05) is 7.11 Å². The van der Waals surface area contributed by atoms with Gasteiger partial charge in [-0.05, 0) is 35.2 Å². The minimum absolute atomic E-state index is 0.0847. The Bertz CT molecular complexity index is 1340. The predicted molar refractivity (Wildman–Crippen MR) is 123 cm³/mol. The number of nitrogens with one attached hydrogen (secondary N) is 1. The minimum Gasteiger partial charge on any atom is -0.507 e. The number of fused-ring (bicyclic) bond motifs is 1. The van der Waals surface area contributed by atoms with Gasteiger partial charge in [0.15, 0.2) is 0 Å². The molecule has 0 aliphatic carbocycles. The predicted octanol–water partition coefficient (Wildman–Crippen LogP) is 4.86. The first kappa shape index (κ1) is 20.1. The first-order chi connectivity index (χ1) is 15.6. The highest BCUT2D eigenvalue weighted by Gasteiger charge is 2.46. The van der Waals surface area contributed by atoms with E-state index in [9.17, 15) is 14.7 Å². The lowest BCUT2D eigenvalue weighted by Gasteiger charge is -2.25. The number of aromatic amines is 1. The Labute approximate surface area is 188 Å². The number of nitrogens with zero attached hydrogens (tertiary/aromatic N) is 1. The second-order valence-electron chi connectivity index (χ2n) is 7.53. The van der Waals surface area contributed by atoms with Crippen molar-refractivity contribution in [1.82, 2.24) is 9.88 Å². The minimum atomic E-state index is -0.711. The number of benzene rings is 2. The van der Waals surface area contributed by atoms with Crippen LogP contribution in [0, 0.1) is 0 Å². The first-order valence-electron chi connectivity index (χ1n) is 10.1. The number of likely N-dealkylation sites (tertiary alicyclic amines) is 1. The largest absolute Gasteiger partial charge is 0.507 e. The van der Waals surface area contributed by atoms with Crippen LogP contribution in [0.1, 0.15) is 22.0 Å². The highest BCUT2D eigenvalue weighted by molar-refractivity contribution is 7.09. The number of amides is 1. The SMILES string of the molecule is COc1ccc(C2/C(=C(/O)c3c[nH]c4ccccc34)C(=O)C(=O)N2Cc2cccs2)cc1. The van der Waals surface area contributed by atoms with Crippen molar-refractivity contribution in [3.63, 3.8) is 0 Å². The van der Waals surface area contributed by atoms with E-state index in [4.69, 9.17) is 4.74 Å². The molecule has 1 fully saturated rings. The summed E-state index contributed by atoms with van der Waals surface area (Å²) in [6.07, 6.45) is 1.66. The van der Waals surface area contributed by atoms with Gasteiger partial charge in [-0.25, -0.2) is 0 Å². The third kappa shape index (κ3) is 3.27. The molecule has 1 unspecified atom stereocenters. The number of carbonyl (C=O) groups is 2. The number of hydrogen-bond donors (Lipinski definition) is 2. The second kappa shape index (κ2) is 8.01. The van der Waals surface area contributed by atoms with Crippen LogP contribution in [0.4, 0.5) is 0 Å². The van der Waals surface area contributed by atoms with Crippen LogP contribution in [0.3, 0.4) is 0 Å². The first-order valence-corrected chi connectivity index (χ1v) is 11.0. The lowest BCUT2D eigenvalue weighted by Crippen LogP contribution is -2.28. The Hall–Kier alpha value is -3.84. The molecule has 160 valence electrons. The molecule has 2 aromatic heterocycles. The van der Waals surface area contributed by atoms with E-state index < -0.39 is 17.7 Å². The van der Waals surface area contributed by atoms with Crippen molar-refractivity contribution in [3.8, 4) is 5.75 Å². The van der Waals surface area contributed by atoms with Crippen LogP contribution in [0.15, 0.2) is 77.8 Å². The van der Waals surface area contributed by atoms with Crippen molar-refractivity contribution in [2.45, 2.75) is 12.6 Å². The van der Waals surface area contributed by atoms with Gasteiger partial charge in [0.1, 0.15) is 11.5 Å². The molecule has 2 N–H and O–H groups in total. The van der Waals surface area contributed by atoms with E-state index in [1.54, 1.807) is 25.4 Å². The summed E-state index contributed by atoms with van der Waals surface area (Å²) in [4.78, 5) is 31.9. The number of thiophene rings is 1. The summed E-state index contributed by atoms with van der Waals surface area (Å²) in [7, 11) is 1.58. The summed E-state index contributed by atoms with van der Waals surface area (Å²) in [5.74, 6) is -0.832. The van der Waals surface area contributed by atoms with Gasteiger partial charge in [0.2, 0.25) is 0 Å². The van der Waals surface area contributed by atoms with Crippen molar-refractivity contribution in [1.29, 1.82) is 0 Å². The van der Waals surface area contributed by atoms with Crippen molar-refractivity contribution in [2.24, 2.45) is 0 Å². The fourth-order valence-corrected chi connectivity index (χ4v) is 4.86. The maximum atomic E-state index is 13.2. The van der Waals surface area contributed by atoms with Gasteiger partial charge in [0.05, 0.1) is 25.3 Å². The second-order valence-corrected chi connectivity index (χ2v) is 8.56. The Kier molecular flexibility index (Phi) is 5.03. The molecule has 7 heteroatoms. The number of carbonyl (C=O) groups excluding carboxylic acids is 2. The van der Waals surface area contributed by atoms with Crippen LogP contribution in [0.5, 0.6) is 5.75 Å². The molecule has 1 saturated heterocycles. The summed E-state index contributed by atoms with van der Waals surface area (Å²) < 4.78 is 5.26. The van der Waals surface area contributed by atoms with Gasteiger partial charge in [0.25, 0.3) is 11.7 Å². The highest BCUT2D eigenvalue weighted by Crippen LogP contribution is 2.41. The Morgan fingerprint density at radius 1 is 1.09 bits per heavy atom. The topological polar surface area (TPSA) is 82.6 Å². The van der Waals surface area contributed by atoms with Crippen LogP contribution in [-0.4, -0.2) is 33.8 Å². The molecular formula is C25H20N2O4S. The molecule has 6 nitrogen and oxygen atoms in total. The molecule has 4 aromatic rings. The lowest BCUT2D eigenvalue weighted by molar-refractivity contribution is -0.140. The molecule has 0 saturated carbocycles. The number of ether oxygens (including phenoxy) is 1. The van der Waals surface area contributed by atoms with E-state index in [1.807, 2.05) is 53.9 Å². The molecular weight excluding hydrogens is 424 g/mol. The number of hydrogen-bond acceptors (Lipinski definition) is 5. The third-order valence-corrected chi connectivity index (χ3v) is 6.58. The van der Waals surface area contributed by atoms with E-state index in [1.165, 1.54) is 16.2 Å². The molecule has 1 aliphatic rings. The van der Waals surface area contributed by atoms with Gasteiger partial charge in [-0.15, -0.1) is 11.3 Å². The van der Waals surface area contributed by atoms with E-state index in [0.29, 0.717) is 11.3 Å². The van der Waals surface area contributed by atoms with Crippen molar-refractivity contribution >= 4 is 39.7 Å². The summed E-state index contributed by atoms with van der Waals surface area (Å²) in [5.41, 5.74) is 2.14. The van der Waals surface area contributed by atoms with Gasteiger partial charge in [0, 0.05) is 27.5 Å². The summed E-state index contributed by atoms with van der Waals surface area (Å²) in [6.45, 7) is 0.281. The zero-order valence-electron chi connectivity index (χ0n) is 17.2. The molecule has 1 amide bonds. The van der Waals surface area contributed by atoms with E-state index in [2.05, 4.69) is 4.98 Å². The molecule has 1 atom stereocenters. The lowest BCUT2D eigenvalue weighted by atomic mass is 9.95. The van der Waals surface area contributed by atoms with Crippen LogP contribution in [0.25, 0.3) is 16.7 Å². The number of rotatable bonds is 5. The maximum Gasteiger partial charge on any atom is 0.295 e. The zero-order chi connectivity index (χ0) is 22.2. The Balaban J connectivity index is 1.68. The normalized spacial score (nSPS) is 17.9.